The lowest BCUT2D eigenvalue weighted by molar-refractivity contribution is -0.172. The molecule has 75 heavy (non-hydrogen) atoms. The Balaban J connectivity index is 1.87. The topological polar surface area (TPSA) is 63.2 Å². The maximum Gasteiger partial charge on any atom is 0.153 e. The molecule has 0 heterocycles. The number of ether oxygens (including phenoxy) is 5. The van der Waals surface area contributed by atoms with E-state index in [1.165, 1.54) is 289 Å². The summed E-state index contributed by atoms with van der Waals surface area (Å²) in [5.74, 6) is 1.52. The Morgan fingerprint density at radius 2 is 0.667 bits per heavy atom. The number of rotatable bonds is 59. The molecule has 2 atom stereocenters. The number of benzene rings is 1. The number of hydrogen-bond acceptors (Lipinski definition) is 6. The molecule has 0 N–H and O–H groups in total. The quantitative estimate of drug-likeness (QED) is 0.0478. The van der Waals surface area contributed by atoms with Crippen LogP contribution in [0.1, 0.15) is 352 Å². The minimum Gasteiger partial charge on any atom is -0.497 e. The average molecular weight is 1050 g/mol. The molecule has 1 aliphatic rings. The van der Waals surface area contributed by atoms with E-state index in [2.05, 4.69) is 20.8 Å². The molecule has 0 amide bonds. The molecule has 0 aromatic heterocycles. The van der Waals surface area contributed by atoms with Crippen LogP contribution in [0.5, 0.6) is 11.5 Å². The molecule has 0 aliphatic heterocycles. The van der Waals surface area contributed by atoms with Gasteiger partial charge in [-0.3, -0.25) is 4.79 Å². The van der Waals surface area contributed by atoms with Crippen LogP contribution in [-0.4, -0.2) is 58.1 Å². The van der Waals surface area contributed by atoms with Gasteiger partial charge in [-0.1, -0.05) is 310 Å². The van der Waals surface area contributed by atoms with Gasteiger partial charge in [-0.15, -0.1) is 0 Å². The molecule has 440 valence electrons. The van der Waals surface area contributed by atoms with Crippen molar-refractivity contribution in [3.05, 3.63) is 23.8 Å². The number of carbonyl (C=O) groups excluding carboxylic acids is 1. The third kappa shape index (κ3) is 41.1. The molecule has 0 radical (unpaired) electrons. The third-order valence-corrected chi connectivity index (χ3v) is 16.7. The fourth-order valence-corrected chi connectivity index (χ4v) is 11.6. The highest BCUT2D eigenvalue weighted by Gasteiger charge is 2.40. The summed E-state index contributed by atoms with van der Waals surface area (Å²) >= 11 is 0. The molecule has 1 fully saturated rings. The van der Waals surface area contributed by atoms with Crippen LogP contribution in [0.25, 0.3) is 0 Å². The number of hydrogen-bond donors (Lipinski definition) is 0. The second kappa shape index (κ2) is 54.3. The van der Waals surface area contributed by atoms with E-state index in [-0.39, 0.29) is 24.2 Å². The van der Waals surface area contributed by atoms with Crippen molar-refractivity contribution in [3.8, 4) is 11.5 Å². The van der Waals surface area contributed by atoms with Gasteiger partial charge in [-0.2, -0.15) is 0 Å². The molecule has 6 nitrogen and oxygen atoms in total. The monoisotopic (exact) mass is 1050 g/mol. The second-order valence-electron chi connectivity index (χ2n) is 23.7. The first-order valence-corrected chi connectivity index (χ1v) is 33.8. The maximum absolute atomic E-state index is 12.0. The van der Waals surface area contributed by atoms with E-state index >= 15 is 0 Å². The predicted octanol–water partition coefficient (Wildman–Crippen LogP) is 22.2. The highest BCUT2D eigenvalue weighted by molar-refractivity contribution is 5.79. The van der Waals surface area contributed by atoms with Crippen molar-refractivity contribution in [2.45, 2.75) is 360 Å². The van der Waals surface area contributed by atoms with E-state index in [1.807, 2.05) is 12.1 Å². The number of methoxy groups -OCH3 is 1. The molecule has 1 saturated carbocycles. The van der Waals surface area contributed by atoms with E-state index in [0.29, 0.717) is 23.7 Å². The summed E-state index contributed by atoms with van der Waals surface area (Å²) in [6.45, 7) is 9.74. The van der Waals surface area contributed by atoms with Gasteiger partial charge in [-0.25, -0.2) is 0 Å². The smallest absolute Gasteiger partial charge is 0.153 e. The Bertz CT molecular complexity index is 1270. The van der Waals surface area contributed by atoms with E-state index in [9.17, 15) is 4.79 Å². The van der Waals surface area contributed by atoms with Crippen molar-refractivity contribution in [1.29, 1.82) is 0 Å². The van der Waals surface area contributed by atoms with Crippen molar-refractivity contribution < 1.29 is 28.5 Å². The average Bonchev–Trinajstić information content (AvgIpc) is 3.43. The Morgan fingerprint density at radius 1 is 0.387 bits per heavy atom. The van der Waals surface area contributed by atoms with Crippen LogP contribution < -0.4 is 9.47 Å². The zero-order valence-electron chi connectivity index (χ0n) is 50.8. The molecule has 0 spiro atoms. The first kappa shape index (κ1) is 69.5. The summed E-state index contributed by atoms with van der Waals surface area (Å²) < 4.78 is 32.7. The highest BCUT2D eigenvalue weighted by atomic mass is 16.6. The molecule has 0 bridgehead atoms. The Morgan fingerprint density at radius 3 is 0.947 bits per heavy atom. The third-order valence-electron chi connectivity index (χ3n) is 16.7. The first-order chi connectivity index (χ1) is 37.2. The fraction of sp³-hybridized carbons (Fsp3) is 0.899. The largest absolute Gasteiger partial charge is 0.497 e. The summed E-state index contributed by atoms with van der Waals surface area (Å²) in [5, 5.41) is 0. The minimum atomic E-state index is -0.0675. The molecule has 1 aromatic rings. The molecular formula is C69H128O6. The molecule has 0 saturated heterocycles. The van der Waals surface area contributed by atoms with E-state index in [0.717, 1.165) is 58.2 Å². The second-order valence-corrected chi connectivity index (χ2v) is 23.7. The van der Waals surface area contributed by atoms with Crippen molar-refractivity contribution >= 4 is 6.29 Å². The van der Waals surface area contributed by atoms with Gasteiger partial charge in [0.05, 0.1) is 31.5 Å². The van der Waals surface area contributed by atoms with E-state index in [1.54, 1.807) is 13.2 Å². The zero-order valence-corrected chi connectivity index (χ0v) is 50.8. The Labute approximate surface area is 467 Å². The molecule has 6 heteroatoms. The first-order valence-electron chi connectivity index (χ1n) is 33.8. The lowest BCUT2D eigenvalue weighted by Crippen LogP contribution is -2.50. The van der Waals surface area contributed by atoms with Crippen molar-refractivity contribution in [3.63, 3.8) is 0 Å². The molecule has 1 aromatic carbocycles. The summed E-state index contributed by atoms with van der Waals surface area (Å²) in [6.07, 6.45) is 68.2. The van der Waals surface area contributed by atoms with Crippen LogP contribution in [-0.2, 0) is 14.2 Å². The Kier molecular flexibility index (Phi) is 50.3. The van der Waals surface area contributed by atoms with E-state index in [4.69, 9.17) is 23.7 Å². The number of carbonyl (C=O) groups is 1. The molecule has 2 unspecified atom stereocenters. The van der Waals surface area contributed by atoms with Crippen LogP contribution in [0, 0.1) is 5.92 Å². The summed E-state index contributed by atoms with van der Waals surface area (Å²) in [7, 11) is 1.66. The Hall–Kier alpha value is -1.63. The SMILES string of the molecule is CCCCCCCCCCCCCCCCCCOC1CC(COc2cc(OC)ccc2C=O)CC(OCCCCCCCCCCCCCCCCCC)C1OCCCCCCCCCCCCCCCCCC. The maximum atomic E-state index is 12.0. The lowest BCUT2D eigenvalue weighted by atomic mass is 9.83. The van der Waals surface area contributed by atoms with Gasteiger partial charge < -0.3 is 23.7 Å². The molecule has 1 aliphatic carbocycles. The summed E-state index contributed by atoms with van der Waals surface area (Å²) in [5.41, 5.74) is 0.555. The zero-order chi connectivity index (χ0) is 53.6. The lowest BCUT2D eigenvalue weighted by Gasteiger charge is -2.41. The molecule has 2 rings (SSSR count). The van der Waals surface area contributed by atoms with Crippen molar-refractivity contribution in [1.82, 2.24) is 0 Å². The van der Waals surface area contributed by atoms with Gasteiger partial charge in [-0.05, 0) is 50.2 Å². The van der Waals surface area contributed by atoms with Crippen LogP contribution >= 0.6 is 0 Å². The highest BCUT2D eigenvalue weighted by Crippen LogP contribution is 2.34. The van der Waals surface area contributed by atoms with Crippen LogP contribution in [0.15, 0.2) is 18.2 Å². The summed E-state index contributed by atoms with van der Waals surface area (Å²) in [6, 6.07) is 5.45. The standard InChI is InChI=1S/C69H128O6/c1-5-8-11-14-17-20-23-26-29-32-35-38-41-44-47-50-55-72-67-58-63(62-75-66-60-65(71-4)54-53-64(66)61-70)59-68(73-56-51-48-45-42-39-36-33-30-27-24-21-18-15-12-9-6-2)69(67)74-57-52-49-46-43-40-37-34-31-28-25-22-19-16-13-10-7-3/h53-54,60-61,63,67-69H,5-52,55-59,62H2,1-4H3. The number of aldehydes is 1. The fourth-order valence-electron chi connectivity index (χ4n) is 11.6. The summed E-state index contributed by atoms with van der Waals surface area (Å²) in [4.78, 5) is 12.0. The normalized spacial score (nSPS) is 16.7. The van der Waals surface area contributed by atoms with Gasteiger partial charge in [0, 0.05) is 25.9 Å². The van der Waals surface area contributed by atoms with Crippen LogP contribution in [0.3, 0.4) is 0 Å². The van der Waals surface area contributed by atoms with Gasteiger partial charge in [0.15, 0.2) is 6.29 Å². The van der Waals surface area contributed by atoms with Gasteiger partial charge in [0.1, 0.15) is 17.6 Å². The van der Waals surface area contributed by atoms with Crippen LogP contribution in [0.4, 0.5) is 0 Å². The van der Waals surface area contributed by atoms with E-state index < -0.39 is 0 Å². The van der Waals surface area contributed by atoms with Gasteiger partial charge in [0.25, 0.3) is 0 Å². The van der Waals surface area contributed by atoms with Crippen molar-refractivity contribution in [2.24, 2.45) is 5.92 Å². The van der Waals surface area contributed by atoms with Gasteiger partial charge in [0.2, 0.25) is 0 Å². The van der Waals surface area contributed by atoms with Crippen molar-refractivity contribution in [2.75, 3.05) is 33.5 Å². The molecular weight excluding hydrogens is 925 g/mol. The predicted molar refractivity (Wildman–Crippen MR) is 324 cm³/mol. The number of unbranched alkanes of at least 4 members (excludes halogenated alkanes) is 45. The minimum absolute atomic E-state index is 0.0311. The van der Waals surface area contributed by atoms with Crippen LogP contribution in [0.2, 0.25) is 0 Å². The van der Waals surface area contributed by atoms with Gasteiger partial charge >= 0.3 is 0 Å².